The highest BCUT2D eigenvalue weighted by atomic mass is 32.2. The van der Waals surface area contributed by atoms with Crippen molar-refractivity contribution in [1.29, 1.82) is 0 Å². The summed E-state index contributed by atoms with van der Waals surface area (Å²) in [6.45, 7) is 6.35. The predicted molar refractivity (Wildman–Crippen MR) is 81.3 cm³/mol. The lowest BCUT2D eigenvalue weighted by Gasteiger charge is -2.46. The number of aromatic nitrogens is 4. The van der Waals surface area contributed by atoms with Crippen LogP contribution in [0.5, 0.6) is 0 Å². The molecule has 0 radical (unpaired) electrons. The zero-order valence-corrected chi connectivity index (χ0v) is 13.4. The number of rotatable bonds is 3. The summed E-state index contributed by atoms with van der Waals surface area (Å²) < 4.78 is 8.01. The van der Waals surface area contributed by atoms with Crippen LogP contribution in [0.3, 0.4) is 0 Å². The second-order valence-corrected chi connectivity index (χ2v) is 8.07. The lowest BCUT2D eigenvalue weighted by atomic mass is 9.97. The molecule has 0 amide bonds. The zero-order chi connectivity index (χ0) is 14.3. The molecule has 0 bridgehead atoms. The molecule has 3 fully saturated rings. The molecule has 21 heavy (non-hydrogen) atoms. The molecule has 3 aliphatic rings. The minimum Gasteiger partial charge on any atom is -0.381 e. The van der Waals surface area contributed by atoms with Gasteiger partial charge in [0.15, 0.2) is 5.82 Å². The molecule has 1 spiro atoms. The van der Waals surface area contributed by atoms with E-state index in [-0.39, 0.29) is 0 Å². The first-order chi connectivity index (χ1) is 10.3. The van der Waals surface area contributed by atoms with E-state index < -0.39 is 0 Å². The fourth-order valence-electron chi connectivity index (χ4n) is 3.47. The molecule has 2 saturated heterocycles. The lowest BCUT2D eigenvalue weighted by Crippen LogP contribution is -2.50. The first-order valence-corrected chi connectivity index (χ1v) is 8.99. The molecule has 4 rings (SSSR count). The Morgan fingerprint density at radius 2 is 2.14 bits per heavy atom. The van der Waals surface area contributed by atoms with E-state index in [1.165, 1.54) is 31.4 Å². The summed E-state index contributed by atoms with van der Waals surface area (Å²) in [4.78, 5) is 2.58. The predicted octanol–water partition coefficient (Wildman–Crippen LogP) is 1.67. The highest BCUT2D eigenvalue weighted by molar-refractivity contribution is 8.00. The van der Waals surface area contributed by atoms with Crippen molar-refractivity contribution in [2.45, 2.75) is 49.4 Å². The van der Waals surface area contributed by atoms with Crippen LogP contribution in [0, 0.1) is 0 Å². The van der Waals surface area contributed by atoms with Crippen LogP contribution in [0.4, 0.5) is 0 Å². The van der Waals surface area contributed by atoms with Crippen molar-refractivity contribution in [3.63, 3.8) is 0 Å². The van der Waals surface area contributed by atoms with Gasteiger partial charge in [-0.1, -0.05) is 0 Å². The fraction of sp³-hybridized carbons (Fsp3) is 0.929. The van der Waals surface area contributed by atoms with Gasteiger partial charge in [0.25, 0.3) is 0 Å². The summed E-state index contributed by atoms with van der Waals surface area (Å²) in [6, 6.07) is 0.856. The fourth-order valence-corrected chi connectivity index (χ4v) is 4.94. The first-order valence-electron chi connectivity index (χ1n) is 8.01. The third kappa shape index (κ3) is 2.71. The molecule has 6 nitrogen and oxygen atoms in total. The molecule has 3 heterocycles. The molecule has 1 saturated carbocycles. The van der Waals surface area contributed by atoms with Crippen molar-refractivity contribution in [2.24, 2.45) is 0 Å². The average molecular weight is 309 g/mol. The van der Waals surface area contributed by atoms with Crippen molar-refractivity contribution >= 4 is 11.8 Å². The quantitative estimate of drug-likeness (QED) is 0.846. The molecule has 2 aliphatic heterocycles. The Kier molecular flexibility index (Phi) is 3.67. The van der Waals surface area contributed by atoms with E-state index in [0.717, 1.165) is 32.1 Å². The zero-order valence-electron chi connectivity index (χ0n) is 12.6. The van der Waals surface area contributed by atoms with Crippen LogP contribution in [0.25, 0.3) is 0 Å². The molecular weight excluding hydrogens is 286 g/mol. The maximum atomic E-state index is 5.56. The van der Waals surface area contributed by atoms with E-state index in [1.54, 1.807) is 0 Å². The van der Waals surface area contributed by atoms with Crippen molar-refractivity contribution in [2.75, 3.05) is 32.1 Å². The molecule has 1 aliphatic carbocycles. The van der Waals surface area contributed by atoms with E-state index in [1.807, 2.05) is 0 Å². The number of ether oxygens (including phenoxy) is 1. The minimum absolute atomic E-state index is 0.307. The summed E-state index contributed by atoms with van der Waals surface area (Å²) >= 11 is 2.15. The van der Waals surface area contributed by atoms with Gasteiger partial charge in [-0.2, -0.15) is 11.8 Å². The molecule has 0 N–H and O–H groups in total. The van der Waals surface area contributed by atoms with Crippen LogP contribution in [0.15, 0.2) is 0 Å². The van der Waals surface area contributed by atoms with Crippen LogP contribution < -0.4 is 0 Å². The van der Waals surface area contributed by atoms with Crippen molar-refractivity contribution in [3.05, 3.63) is 5.82 Å². The highest BCUT2D eigenvalue weighted by Gasteiger charge is 2.40. The Balaban J connectivity index is 1.50. The van der Waals surface area contributed by atoms with Gasteiger partial charge in [0.2, 0.25) is 0 Å². The largest absolute Gasteiger partial charge is 0.381 e. The summed E-state index contributed by atoms with van der Waals surface area (Å²) in [7, 11) is 0. The Morgan fingerprint density at radius 3 is 2.90 bits per heavy atom. The van der Waals surface area contributed by atoms with E-state index in [9.17, 15) is 0 Å². The van der Waals surface area contributed by atoms with Gasteiger partial charge in [0, 0.05) is 36.8 Å². The monoisotopic (exact) mass is 309 g/mol. The normalized spacial score (nSPS) is 27.9. The third-order valence-electron chi connectivity index (χ3n) is 5.01. The molecule has 1 aromatic rings. The average Bonchev–Trinajstić information content (AvgIpc) is 3.24. The van der Waals surface area contributed by atoms with Gasteiger partial charge in [0.1, 0.15) is 0 Å². The molecule has 0 aromatic carbocycles. The van der Waals surface area contributed by atoms with Crippen LogP contribution in [-0.2, 0) is 4.74 Å². The Morgan fingerprint density at radius 1 is 1.33 bits per heavy atom. The summed E-state index contributed by atoms with van der Waals surface area (Å²) in [6.07, 6.45) is 4.80. The standard InChI is InChI=1S/C14H23N5OS/c1-11(13-15-16-17-19(13)12-2-3-12)18-6-9-21-14(10-18)4-7-20-8-5-14/h11-12H,2-10H2,1H3/t11-/m0/s1. The van der Waals surface area contributed by atoms with E-state index in [2.05, 4.69) is 43.8 Å². The van der Waals surface area contributed by atoms with Crippen LogP contribution >= 0.6 is 11.8 Å². The van der Waals surface area contributed by atoms with Gasteiger partial charge in [-0.25, -0.2) is 4.68 Å². The van der Waals surface area contributed by atoms with E-state index in [0.29, 0.717) is 16.8 Å². The first kappa shape index (κ1) is 14.0. The summed E-state index contributed by atoms with van der Waals surface area (Å²) in [5, 5.41) is 12.4. The van der Waals surface area contributed by atoms with Crippen molar-refractivity contribution in [1.82, 2.24) is 25.1 Å². The van der Waals surface area contributed by atoms with Gasteiger partial charge >= 0.3 is 0 Å². The number of hydrogen-bond acceptors (Lipinski definition) is 6. The second-order valence-electron chi connectivity index (χ2n) is 6.50. The summed E-state index contributed by atoms with van der Waals surface area (Å²) in [5.74, 6) is 2.25. The van der Waals surface area contributed by atoms with Crippen molar-refractivity contribution in [3.8, 4) is 0 Å². The molecule has 7 heteroatoms. The topological polar surface area (TPSA) is 56.1 Å². The molecule has 1 atom stereocenters. The lowest BCUT2D eigenvalue weighted by molar-refractivity contribution is 0.0565. The number of thioether (sulfide) groups is 1. The second kappa shape index (κ2) is 5.52. The SMILES string of the molecule is C[C@@H](c1nnnn1C1CC1)N1CCSC2(CCOCC2)C1. The Hall–Kier alpha value is -0.660. The molecule has 116 valence electrons. The maximum absolute atomic E-state index is 5.56. The van der Waals surface area contributed by atoms with E-state index >= 15 is 0 Å². The van der Waals surface area contributed by atoms with Crippen LogP contribution in [0.2, 0.25) is 0 Å². The van der Waals surface area contributed by atoms with Crippen LogP contribution in [-0.4, -0.2) is 61.9 Å². The molecular formula is C14H23N5OS. The number of tetrazole rings is 1. The molecule has 1 aromatic heterocycles. The van der Waals surface area contributed by atoms with E-state index in [4.69, 9.17) is 4.74 Å². The highest BCUT2D eigenvalue weighted by Crippen LogP contribution is 2.42. The smallest absolute Gasteiger partial charge is 0.168 e. The minimum atomic E-state index is 0.307. The van der Waals surface area contributed by atoms with Gasteiger partial charge in [-0.15, -0.1) is 5.10 Å². The van der Waals surface area contributed by atoms with Crippen LogP contribution in [0.1, 0.15) is 50.5 Å². The van der Waals surface area contributed by atoms with Gasteiger partial charge in [-0.05, 0) is 43.0 Å². The van der Waals surface area contributed by atoms with Crippen molar-refractivity contribution < 1.29 is 4.74 Å². The van der Waals surface area contributed by atoms with Gasteiger partial charge in [-0.3, -0.25) is 4.90 Å². The van der Waals surface area contributed by atoms with Gasteiger partial charge < -0.3 is 4.74 Å². The third-order valence-corrected chi connectivity index (χ3v) is 6.55. The van der Waals surface area contributed by atoms with Gasteiger partial charge in [0.05, 0.1) is 12.1 Å². The Bertz CT molecular complexity index is 492. The maximum Gasteiger partial charge on any atom is 0.168 e. The summed E-state index contributed by atoms with van der Waals surface area (Å²) in [5.41, 5.74) is 0. The molecule has 0 unspecified atom stereocenters. The number of nitrogens with zero attached hydrogens (tertiary/aromatic N) is 5. The Labute approximate surface area is 129 Å². The number of hydrogen-bond donors (Lipinski definition) is 0.